The summed E-state index contributed by atoms with van der Waals surface area (Å²) in [5, 5.41) is 3.59. The fourth-order valence-electron chi connectivity index (χ4n) is 3.27. The quantitative estimate of drug-likeness (QED) is 0.922. The van der Waals surface area contributed by atoms with Crippen LogP contribution in [0.15, 0.2) is 53.4 Å². The smallest absolute Gasteiger partial charge is 0.177 e. The lowest BCUT2D eigenvalue weighted by Gasteiger charge is -2.35. The Kier molecular flexibility index (Phi) is 4.81. The van der Waals surface area contributed by atoms with Crippen LogP contribution in [-0.4, -0.2) is 33.8 Å². The van der Waals surface area contributed by atoms with Crippen LogP contribution < -0.4 is 10.2 Å². The molecule has 24 heavy (non-hydrogen) atoms. The summed E-state index contributed by atoms with van der Waals surface area (Å²) >= 11 is 0. The maximum atomic E-state index is 12.0. The maximum absolute atomic E-state index is 12.0. The number of para-hydroxylation sites is 1. The highest BCUT2D eigenvalue weighted by Gasteiger charge is 2.23. The van der Waals surface area contributed by atoms with Crippen LogP contribution in [0.25, 0.3) is 0 Å². The molecule has 3 rings (SSSR count). The van der Waals surface area contributed by atoms with Crippen LogP contribution in [0.5, 0.6) is 0 Å². The number of hydrogen-bond acceptors (Lipinski definition) is 4. The molecule has 1 heterocycles. The summed E-state index contributed by atoms with van der Waals surface area (Å²) in [6, 6.07) is 16.1. The molecular weight excluding hydrogens is 320 g/mol. The summed E-state index contributed by atoms with van der Waals surface area (Å²) in [7, 11) is -3.21. The molecule has 1 aliphatic heterocycles. The molecule has 2 aromatic rings. The van der Waals surface area contributed by atoms with Crippen molar-refractivity contribution in [2.75, 3.05) is 29.6 Å². The lowest BCUT2D eigenvalue weighted by atomic mass is 10.0. The summed E-state index contributed by atoms with van der Waals surface area (Å²) in [6.07, 6.45) is 3.26. The van der Waals surface area contributed by atoms with E-state index < -0.39 is 9.84 Å². The molecule has 4 nitrogen and oxygen atoms in total. The molecule has 0 radical (unpaired) electrons. The van der Waals surface area contributed by atoms with Crippen molar-refractivity contribution in [1.29, 1.82) is 0 Å². The van der Waals surface area contributed by atoms with Gasteiger partial charge in [0.25, 0.3) is 0 Å². The minimum absolute atomic E-state index is 0.424. The van der Waals surface area contributed by atoms with E-state index >= 15 is 0 Å². The van der Waals surface area contributed by atoms with Crippen LogP contribution in [-0.2, 0) is 9.84 Å². The number of rotatable bonds is 4. The van der Waals surface area contributed by atoms with Gasteiger partial charge in [0.2, 0.25) is 0 Å². The Hall–Kier alpha value is -2.01. The summed E-state index contributed by atoms with van der Waals surface area (Å²) in [5.74, 6) is 0. The van der Waals surface area contributed by atoms with E-state index in [0.29, 0.717) is 10.9 Å². The van der Waals surface area contributed by atoms with E-state index in [1.54, 1.807) is 12.1 Å². The van der Waals surface area contributed by atoms with Gasteiger partial charge in [-0.3, -0.25) is 0 Å². The predicted molar refractivity (Wildman–Crippen MR) is 99.6 cm³/mol. The molecule has 0 spiro atoms. The molecule has 5 heteroatoms. The predicted octanol–water partition coefficient (Wildman–Crippen LogP) is 3.48. The topological polar surface area (TPSA) is 49.4 Å². The molecule has 0 bridgehead atoms. The minimum Gasteiger partial charge on any atom is -0.382 e. The zero-order valence-electron chi connectivity index (χ0n) is 14.2. The average Bonchev–Trinajstić information content (AvgIpc) is 2.55. The maximum Gasteiger partial charge on any atom is 0.177 e. The van der Waals surface area contributed by atoms with Gasteiger partial charge in [0, 0.05) is 31.1 Å². The lowest BCUT2D eigenvalue weighted by Crippen LogP contribution is -2.39. The third-order valence-corrected chi connectivity index (χ3v) is 5.63. The SMILES string of the molecule is Cc1cccc(NC2CCN(c3ccccc3S(C)(=O)=O)CC2)c1. The van der Waals surface area contributed by atoms with Crippen LogP contribution in [0.3, 0.4) is 0 Å². The molecular formula is C19H24N2O2S. The molecule has 0 saturated carbocycles. The van der Waals surface area contributed by atoms with Gasteiger partial charge in [-0.2, -0.15) is 0 Å². The van der Waals surface area contributed by atoms with Crippen molar-refractivity contribution in [2.24, 2.45) is 0 Å². The minimum atomic E-state index is -3.21. The fourth-order valence-corrected chi connectivity index (χ4v) is 4.17. The molecule has 0 aromatic heterocycles. The molecule has 0 amide bonds. The molecule has 1 aliphatic rings. The van der Waals surface area contributed by atoms with Crippen molar-refractivity contribution < 1.29 is 8.42 Å². The molecule has 0 unspecified atom stereocenters. The summed E-state index contributed by atoms with van der Waals surface area (Å²) in [5.41, 5.74) is 3.23. The molecule has 0 atom stereocenters. The number of aryl methyl sites for hydroxylation is 1. The van der Waals surface area contributed by atoms with E-state index in [4.69, 9.17) is 0 Å². The average molecular weight is 344 g/mol. The molecule has 1 fully saturated rings. The summed E-state index contributed by atoms with van der Waals surface area (Å²) in [6.45, 7) is 3.81. The fraction of sp³-hybridized carbons (Fsp3) is 0.368. The number of benzene rings is 2. The highest BCUT2D eigenvalue weighted by atomic mass is 32.2. The van der Waals surface area contributed by atoms with Crippen molar-refractivity contribution in [2.45, 2.75) is 30.7 Å². The summed E-state index contributed by atoms with van der Waals surface area (Å²) in [4.78, 5) is 2.61. The first-order valence-corrected chi connectivity index (χ1v) is 10.2. The Bertz CT molecular complexity index is 810. The third-order valence-electron chi connectivity index (χ3n) is 4.49. The van der Waals surface area contributed by atoms with Gasteiger partial charge in [0.1, 0.15) is 0 Å². The molecule has 2 aromatic carbocycles. The normalized spacial score (nSPS) is 16.2. The Morgan fingerprint density at radius 3 is 2.42 bits per heavy atom. The zero-order valence-corrected chi connectivity index (χ0v) is 15.0. The highest BCUT2D eigenvalue weighted by molar-refractivity contribution is 7.90. The van der Waals surface area contributed by atoms with Crippen molar-refractivity contribution in [1.82, 2.24) is 0 Å². The second-order valence-corrected chi connectivity index (χ2v) is 8.50. The van der Waals surface area contributed by atoms with E-state index in [1.807, 2.05) is 12.1 Å². The number of nitrogens with one attached hydrogen (secondary N) is 1. The number of hydrogen-bond donors (Lipinski definition) is 1. The monoisotopic (exact) mass is 344 g/mol. The van der Waals surface area contributed by atoms with Gasteiger partial charge >= 0.3 is 0 Å². The van der Waals surface area contributed by atoms with Gasteiger partial charge in [0.15, 0.2) is 9.84 Å². The van der Waals surface area contributed by atoms with E-state index in [2.05, 4.69) is 41.4 Å². The van der Waals surface area contributed by atoms with Crippen molar-refractivity contribution >= 4 is 21.2 Å². The Morgan fingerprint density at radius 2 is 1.75 bits per heavy atom. The number of anilines is 2. The van der Waals surface area contributed by atoms with Gasteiger partial charge in [-0.15, -0.1) is 0 Å². The van der Waals surface area contributed by atoms with Gasteiger partial charge < -0.3 is 10.2 Å². The molecule has 1 saturated heterocycles. The van der Waals surface area contributed by atoms with Gasteiger partial charge in [-0.05, 0) is 49.6 Å². The number of piperidine rings is 1. The van der Waals surface area contributed by atoms with Crippen molar-refractivity contribution in [3.05, 3.63) is 54.1 Å². The van der Waals surface area contributed by atoms with Crippen LogP contribution in [0.4, 0.5) is 11.4 Å². The van der Waals surface area contributed by atoms with Gasteiger partial charge in [-0.25, -0.2) is 8.42 Å². The van der Waals surface area contributed by atoms with Gasteiger partial charge in [0.05, 0.1) is 10.6 Å². The van der Waals surface area contributed by atoms with Crippen molar-refractivity contribution in [3.63, 3.8) is 0 Å². The van der Waals surface area contributed by atoms with Crippen molar-refractivity contribution in [3.8, 4) is 0 Å². The first-order valence-electron chi connectivity index (χ1n) is 8.31. The van der Waals surface area contributed by atoms with Crippen LogP contribution in [0.1, 0.15) is 18.4 Å². The second-order valence-electron chi connectivity index (χ2n) is 6.52. The summed E-state index contributed by atoms with van der Waals surface area (Å²) < 4.78 is 24.0. The lowest BCUT2D eigenvalue weighted by molar-refractivity contribution is 0.524. The van der Waals surface area contributed by atoms with E-state index in [-0.39, 0.29) is 0 Å². The van der Waals surface area contributed by atoms with E-state index in [9.17, 15) is 8.42 Å². The highest BCUT2D eigenvalue weighted by Crippen LogP contribution is 2.28. The first kappa shape index (κ1) is 16.8. The van der Waals surface area contributed by atoms with Crippen LogP contribution >= 0.6 is 0 Å². The first-order chi connectivity index (χ1) is 11.4. The standard InChI is InChI=1S/C19H24N2O2S/c1-15-6-5-7-17(14-15)20-16-10-12-21(13-11-16)18-8-3-4-9-19(18)24(2,22)23/h3-9,14,16,20H,10-13H2,1-2H3. The number of sulfone groups is 1. The third kappa shape index (κ3) is 3.90. The molecule has 1 N–H and O–H groups in total. The van der Waals surface area contributed by atoms with Crippen LogP contribution in [0, 0.1) is 6.92 Å². The Morgan fingerprint density at radius 1 is 1.04 bits per heavy atom. The molecule has 0 aliphatic carbocycles. The molecule has 128 valence electrons. The largest absolute Gasteiger partial charge is 0.382 e. The Balaban J connectivity index is 1.68. The number of nitrogens with zero attached hydrogens (tertiary/aromatic N) is 1. The van der Waals surface area contributed by atoms with Crippen LogP contribution in [0.2, 0.25) is 0 Å². The Labute approximate surface area is 144 Å². The second kappa shape index (κ2) is 6.85. The van der Waals surface area contributed by atoms with E-state index in [1.165, 1.54) is 11.8 Å². The van der Waals surface area contributed by atoms with Gasteiger partial charge in [-0.1, -0.05) is 24.3 Å². The zero-order chi connectivity index (χ0) is 17.2. The van der Waals surface area contributed by atoms with E-state index in [0.717, 1.165) is 37.3 Å².